The van der Waals surface area contributed by atoms with Crippen LogP contribution in [0.25, 0.3) is 0 Å². The molecule has 4 heteroatoms. The third-order valence-electron chi connectivity index (χ3n) is 2.12. The molecule has 92 valence electrons. The molecule has 0 aliphatic carbocycles. The lowest BCUT2D eigenvalue weighted by molar-refractivity contribution is -0.0987. The first-order chi connectivity index (χ1) is 6.95. The largest absolute Gasteiger partial charge is 0.396 e. The van der Waals surface area contributed by atoms with Gasteiger partial charge < -0.3 is 19.7 Å². The van der Waals surface area contributed by atoms with Crippen LogP contribution in [-0.4, -0.2) is 48.8 Å². The summed E-state index contributed by atoms with van der Waals surface area (Å²) in [6.45, 7) is 8.03. The summed E-state index contributed by atoms with van der Waals surface area (Å²) in [6, 6.07) is 0. The van der Waals surface area contributed by atoms with Crippen LogP contribution in [0.1, 0.15) is 27.7 Å². The lowest BCUT2D eigenvalue weighted by Crippen LogP contribution is -2.41. The van der Waals surface area contributed by atoms with Gasteiger partial charge in [-0.05, 0) is 27.7 Å². The van der Waals surface area contributed by atoms with E-state index in [0.29, 0.717) is 13.2 Å². The van der Waals surface area contributed by atoms with Crippen LogP contribution in [0.5, 0.6) is 0 Å². The summed E-state index contributed by atoms with van der Waals surface area (Å²) in [4.78, 5) is 0. The average Bonchev–Trinajstić information content (AvgIpc) is 2.19. The highest BCUT2D eigenvalue weighted by Gasteiger charge is 2.30. The molecule has 0 heterocycles. The second-order valence-electron chi connectivity index (χ2n) is 4.54. The summed E-state index contributed by atoms with van der Waals surface area (Å²) < 4.78 is 10.8. The first-order valence-corrected chi connectivity index (χ1v) is 5.40. The third-order valence-corrected chi connectivity index (χ3v) is 2.12. The zero-order valence-corrected chi connectivity index (χ0v) is 10.2. The molecule has 0 aromatic carbocycles. The van der Waals surface area contributed by atoms with Crippen LogP contribution < -0.4 is 0 Å². The van der Waals surface area contributed by atoms with Crippen LogP contribution in [0.4, 0.5) is 0 Å². The molecule has 0 bridgehead atoms. The van der Waals surface area contributed by atoms with Gasteiger partial charge in [0.1, 0.15) is 0 Å². The molecule has 0 aromatic rings. The normalized spacial score (nSPS) is 12.8. The van der Waals surface area contributed by atoms with Crippen molar-refractivity contribution in [3.8, 4) is 0 Å². The van der Waals surface area contributed by atoms with Gasteiger partial charge in [0.2, 0.25) is 0 Å². The summed E-state index contributed by atoms with van der Waals surface area (Å²) in [5, 5.41) is 18.6. The molecule has 0 aliphatic rings. The molecule has 0 aromatic heterocycles. The summed E-state index contributed by atoms with van der Waals surface area (Å²) in [5.41, 5.74) is -0.686. The Morgan fingerprint density at radius 2 is 1.20 bits per heavy atom. The number of aliphatic hydroxyl groups is 2. The van der Waals surface area contributed by atoms with Gasteiger partial charge in [0.05, 0.1) is 44.1 Å². The molecule has 2 N–H and O–H groups in total. The third kappa shape index (κ3) is 6.10. The molecule has 0 amide bonds. The molecule has 0 rings (SSSR count). The topological polar surface area (TPSA) is 58.9 Å². The van der Waals surface area contributed by atoms with Gasteiger partial charge in [-0.25, -0.2) is 0 Å². The first-order valence-electron chi connectivity index (χ1n) is 5.40. The number of aliphatic hydroxyl groups excluding tert-OH is 2. The van der Waals surface area contributed by atoms with E-state index in [-0.39, 0.29) is 25.4 Å². The van der Waals surface area contributed by atoms with Crippen LogP contribution in [0.15, 0.2) is 0 Å². The molecule has 15 heavy (non-hydrogen) atoms. The monoisotopic (exact) mass is 220 g/mol. The lowest BCUT2D eigenvalue weighted by atomic mass is 9.92. The smallest absolute Gasteiger partial charge is 0.0632 e. The lowest BCUT2D eigenvalue weighted by Gasteiger charge is -2.30. The Labute approximate surface area is 92.2 Å². The standard InChI is InChI=1S/C11H24O4/c1-9(2)14-7-11(5-12,6-13)8-15-10(3)4/h9-10,12-13H,5-8H2,1-4H3. The van der Waals surface area contributed by atoms with Crippen LogP contribution in [-0.2, 0) is 9.47 Å². The van der Waals surface area contributed by atoms with Gasteiger partial charge in [0.15, 0.2) is 0 Å². The fraction of sp³-hybridized carbons (Fsp3) is 1.00. The molecule has 0 saturated heterocycles. The van der Waals surface area contributed by atoms with Crippen LogP contribution in [0.2, 0.25) is 0 Å². The SMILES string of the molecule is CC(C)OCC(CO)(CO)COC(C)C. The van der Waals surface area contributed by atoms with Gasteiger partial charge >= 0.3 is 0 Å². The molecule has 4 nitrogen and oxygen atoms in total. The molecule has 0 radical (unpaired) electrons. The summed E-state index contributed by atoms with van der Waals surface area (Å²) in [7, 11) is 0. The summed E-state index contributed by atoms with van der Waals surface area (Å²) >= 11 is 0. The van der Waals surface area contributed by atoms with E-state index in [2.05, 4.69) is 0 Å². The van der Waals surface area contributed by atoms with E-state index in [0.717, 1.165) is 0 Å². The van der Waals surface area contributed by atoms with E-state index in [4.69, 9.17) is 9.47 Å². The van der Waals surface area contributed by atoms with Crippen molar-refractivity contribution >= 4 is 0 Å². The van der Waals surface area contributed by atoms with Crippen molar-refractivity contribution in [2.75, 3.05) is 26.4 Å². The number of hydrogen-bond acceptors (Lipinski definition) is 4. The van der Waals surface area contributed by atoms with Gasteiger partial charge in [0, 0.05) is 0 Å². The van der Waals surface area contributed by atoms with Crippen molar-refractivity contribution < 1.29 is 19.7 Å². The Hall–Kier alpha value is -0.160. The van der Waals surface area contributed by atoms with Gasteiger partial charge in [0.25, 0.3) is 0 Å². The van der Waals surface area contributed by atoms with Crippen molar-refractivity contribution in [1.82, 2.24) is 0 Å². The van der Waals surface area contributed by atoms with Crippen molar-refractivity contribution in [3.63, 3.8) is 0 Å². The highest BCUT2D eigenvalue weighted by molar-refractivity contribution is 4.78. The van der Waals surface area contributed by atoms with E-state index >= 15 is 0 Å². The zero-order valence-electron chi connectivity index (χ0n) is 10.2. The second kappa shape index (κ2) is 7.17. The van der Waals surface area contributed by atoms with Crippen LogP contribution in [0.3, 0.4) is 0 Å². The summed E-state index contributed by atoms with van der Waals surface area (Å²) in [6.07, 6.45) is 0.169. The molecule has 0 spiro atoms. The van der Waals surface area contributed by atoms with Gasteiger partial charge in [-0.15, -0.1) is 0 Å². The molecule has 0 aliphatic heterocycles. The van der Waals surface area contributed by atoms with Crippen molar-refractivity contribution in [1.29, 1.82) is 0 Å². The number of rotatable bonds is 8. The Morgan fingerprint density at radius 3 is 1.40 bits per heavy atom. The quantitative estimate of drug-likeness (QED) is 0.635. The van der Waals surface area contributed by atoms with Gasteiger partial charge in [-0.3, -0.25) is 0 Å². The minimum absolute atomic E-state index is 0.0847. The van der Waals surface area contributed by atoms with Gasteiger partial charge in [-0.2, -0.15) is 0 Å². The van der Waals surface area contributed by atoms with Crippen LogP contribution in [0, 0.1) is 5.41 Å². The first kappa shape index (κ1) is 14.8. The van der Waals surface area contributed by atoms with Crippen molar-refractivity contribution in [2.24, 2.45) is 5.41 Å². The van der Waals surface area contributed by atoms with E-state index < -0.39 is 5.41 Å². The molecule has 0 atom stereocenters. The Kier molecular flexibility index (Phi) is 7.09. The second-order valence-corrected chi connectivity index (χ2v) is 4.54. The fourth-order valence-corrected chi connectivity index (χ4v) is 0.961. The minimum atomic E-state index is -0.686. The molecule has 0 saturated carbocycles. The molecular formula is C11H24O4. The Morgan fingerprint density at radius 1 is 0.867 bits per heavy atom. The van der Waals surface area contributed by atoms with Crippen LogP contribution >= 0.6 is 0 Å². The van der Waals surface area contributed by atoms with E-state index in [1.165, 1.54) is 0 Å². The maximum atomic E-state index is 9.28. The summed E-state index contributed by atoms with van der Waals surface area (Å²) in [5.74, 6) is 0. The molecule has 0 fully saturated rings. The van der Waals surface area contributed by atoms with E-state index in [9.17, 15) is 10.2 Å². The Bertz CT molecular complexity index is 139. The maximum Gasteiger partial charge on any atom is 0.0632 e. The molecular weight excluding hydrogens is 196 g/mol. The van der Waals surface area contributed by atoms with Crippen molar-refractivity contribution in [2.45, 2.75) is 39.9 Å². The van der Waals surface area contributed by atoms with Gasteiger partial charge in [-0.1, -0.05) is 0 Å². The van der Waals surface area contributed by atoms with Crippen molar-refractivity contribution in [3.05, 3.63) is 0 Å². The number of ether oxygens (including phenoxy) is 2. The number of hydrogen-bond donors (Lipinski definition) is 2. The van der Waals surface area contributed by atoms with E-state index in [1.807, 2.05) is 27.7 Å². The highest BCUT2D eigenvalue weighted by atomic mass is 16.5. The Balaban J connectivity index is 4.17. The minimum Gasteiger partial charge on any atom is -0.396 e. The molecule has 0 unspecified atom stereocenters. The predicted octanol–water partition coefficient (Wildman–Crippen LogP) is 0.807. The zero-order chi connectivity index (χ0) is 11.9. The van der Waals surface area contributed by atoms with E-state index in [1.54, 1.807) is 0 Å². The average molecular weight is 220 g/mol. The fourth-order valence-electron chi connectivity index (χ4n) is 0.961. The highest BCUT2D eigenvalue weighted by Crippen LogP contribution is 2.18. The maximum absolute atomic E-state index is 9.28. The predicted molar refractivity (Wildman–Crippen MR) is 58.8 cm³/mol.